The van der Waals surface area contributed by atoms with Gasteiger partial charge in [-0.1, -0.05) is 12.1 Å². The maximum absolute atomic E-state index is 12.7. The molecule has 2 aromatic rings. The van der Waals surface area contributed by atoms with Gasteiger partial charge in [-0.15, -0.1) is 11.3 Å². The number of aryl methyl sites for hydroxylation is 1. The Kier molecular flexibility index (Phi) is 4.52. The molecule has 0 aliphatic carbocycles. The second-order valence-electron chi connectivity index (χ2n) is 4.16. The van der Waals surface area contributed by atoms with Crippen molar-refractivity contribution in [3.63, 3.8) is 0 Å². The molecule has 0 aliphatic heterocycles. The van der Waals surface area contributed by atoms with Gasteiger partial charge in [0.25, 0.3) is 0 Å². The lowest BCUT2D eigenvalue weighted by Gasteiger charge is -2.04. The SMILES string of the molecule is O=C(O)c1cc(NCCCc2ccc(F)cc2)cs1. The first-order valence-corrected chi connectivity index (χ1v) is 6.83. The van der Waals surface area contributed by atoms with E-state index in [0.29, 0.717) is 4.88 Å². The van der Waals surface area contributed by atoms with Crippen molar-refractivity contribution in [3.05, 3.63) is 52.0 Å². The molecule has 0 bridgehead atoms. The van der Waals surface area contributed by atoms with Crippen molar-refractivity contribution in [2.75, 3.05) is 11.9 Å². The molecule has 0 saturated carbocycles. The molecule has 1 aromatic carbocycles. The van der Waals surface area contributed by atoms with Gasteiger partial charge in [-0.25, -0.2) is 9.18 Å². The summed E-state index contributed by atoms with van der Waals surface area (Å²) >= 11 is 1.21. The Hall–Kier alpha value is -1.88. The maximum atomic E-state index is 12.7. The van der Waals surface area contributed by atoms with E-state index in [1.807, 2.05) is 0 Å². The van der Waals surface area contributed by atoms with E-state index in [2.05, 4.69) is 5.32 Å². The Morgan fingerprint density at radius 2 is 2.05 bits per heavy atom. The number of rotatable bonds is 6. The van der Waals surface area contributed by atoms with E-state index >= 15 is 0 Å². The summed E-state index contributed by atoms with van der Waals surface area (Å²) in [5.41, 5.74) is 1.93. The molecular formula is C14H14FNO2S. The number of benzene rings is 1. The van der Waals surface area contributed by atoms with E-state index in [0.717, 1.165) is 30.6 Å². The van der Waals surface area contributed by atoms with Crippen LogP contribution in [0.1, 0.15) is 21.7 Å². The van der Waals surface area contributed by atoms with Crippen LogP contribution in [0.3, 0.4) is 0 Å². The topological polar surface area (TPSA) is 49.3 Å². The van der Waals surface area contributed by atoms with Crippen molar-refractivity contribution in [3.8, 4) is 0 Å². The molecule has 0 radical (unpaired) electrons. The molecule has 0 saturated heterocycles. The summed E-state index contributed by atoms with van der Waals surface area (Å²) in [5, 5.41) is 13.8. The lowest BCUT2D eigenvalue weighted by Crippen LogP contribution is -2.02. The van der Waals surface area contributed by atoms with E-state index in [1.165, 1.54) is 23.5 Å². The number of aromatic carboxylic acids is 1. The Balaban J connectivity index is 1.74. The lowest BCUT2D eigenvalue weighted by molar-refractivity contribution is 0.0702. The van der Waals surface area contributed by atoms with E-state index in [9.17, 15) is 9.18 Å². The Morgan fingerprint density at radius 3 is 2.68 bits per heavy atom. The van der Waals surface area contributed by atoms with Gasteiger partial charge >= 0.3 is 5.97 Å². The predicted molar refractivity (Wildman–Crippen MR) is 74.5 cm³/mol. The fourth-order valence-corrected chi connectivity index (χ4v) is 2.42. The zero-order valence-electron chi connectivity index (χ0n) is 10.2. The number of hydrogen-bond donors (Lipinski definition) is 2. The van der Waals surface area contributed by atoms with E-state index in [4.69, 9.17) is 5.11 Å². The minimum atomic E-state index is -0.899. The van der Waals surface area contributed by atoms with Crippen molar-refractivity contribution in [2.45, 2.75) is 12.8 Å². The molecule has 0 aliphatic rings. The van der Waals surface area contributed by atoms with Crippen LogP contribution >= 0.6 is 11.3 Å². The van der Waals surface area contributed by atoms with Crippen molar-refractivity contribution in [1.29, 1.82) is 0 Å². The number of hydrogen-bond acceptors (Lipinski definition) is 3. The standard InChI is InChI=1S/C14H14FNO2S/c15-11-5-3-10(4-6-11)2-1-7-16-12-8-13(14(17)18)19-9-12/h3-6,8-9,16H,1-2,7H2,(H,17,18). The number of thiophene rings is 1. The van der Waals surface area contributed by atoms with Gasteiger partial charge in [0.05, 0.1) is 0 Å². The van der Waals surface area contributed by atoms with Crippen LogP contribution in [0.5, 0.6) is 0 Å². The number of carbonyl (C=O) groups is 1. The van der Waals surface area contributed by atoms with Crippen molar-refractivity contribution in [2.24, 2.45) is 0 Å². The summed E-state index contributed by atoms with van der Waals surface area (Å²) in [6.45, 7) is 0.757. The third-order valence-electron chi connectivity index (χ3n) is 2.69. The van der Waals surface area contributed by atoms with Crippen LogP contribution in [0.25, 0.3) is 0 Å². The van der Waals surface area contributed by atoms with Gasteiger partial charge in [0, 0.05) is 17.6 Å². The lowest BCUT2D eigenvalue weighted by atomic mass is 10.1. The summed E-state index contributed by atoms with van der Waals surface area (Å²) in [4.78, 5) is 11.0. The fourth-order valence-electron chi connectivity index (χ4n) is 1.72. The molecule has 0 unspecified atom stereocenters. The van der Waals surface area contributed by atoms with Gasteiger partial charge in [0.2, 0.25) is 0 Å². The molecule has 2 rings (SSSR count). The number of anilines is 1. The van der Waals surface area contributed by atoms with Crippen LogP contribution < -0.4 is 5.32 Å². The molecule has 0 spiro atoms. The minimum Gasteiger partial charge on any atom is -0.477 e. The van der Waals surface area contributed by atoms with Crippen LogP contribution in [0, 0.1) is 5.82 Å². The van der Waals surface area contributed by atoms with Crippen molar-refractivity contribution < 1.29 is 14.3 Å². The molecule has 100 valence electrons. The molecule has 0 fully saturated rings. The average Bonchev–Trinajstić information content (AvgIpc) is 2.86. The predicted octanol–water partition coefficient (Wildman–Crippen LogP) is 3.63. The van der Waals surface area contributed by atoms with Gasteiger partial charge in [-0.3, -0.25) is 0 Å². The van der Waals surface area contributed by atoms with Gasteiger partial charge in [0.1, 0.15) is 10.7 Å². The van der Waals surface area contributed by atoms with Crippen LogP contribution in [-0.2, 0) is 6.42 Å². The third-order valence-corrected chi connectivity index (χ3v) is 3.61. The zero-order valence-corrected chi connectivity index (χ0v) is 11.0. The molecule has 2 N–H and O–H groups in total. The Bertz CT molecular complexity index is 551. The highest BCUT2D eigenvalue weighted by molar-refractivity contribution is 7.12. The summed E-state index contributed by atoms with van der Waals surface area (Å²) in [7, 11) is 0. The fraction of sp³-hybridized carbons (Fsp3) is 0.214. The van der Waals surface area contributed by atoms with Crippen molar-refractivity contribution >= 4 is 23.0 Å². The first kappa shape index (κ1) is 13.5. The smallest absolute Gasteiger partial charge is 0.345 e. The highest BCUT2D eigenvalue weighted by atomic mass is 32.1. The van der Waals surface area contributed by atoms with Crippen LogP contribution in [0.15, 0.2) is 35.7 Å². The van der Waals surface area contributed by atoms with Crippen LogP contribution in [0.4, 0.5) is 10.1 Å². The van der Waals surface area contributed by atoms with Gasteiger partial charge < -0.3 is 10.4 Å². The second kappa shape index (κ2) is 6.33. The minimum absolute atomic E-state index is 0.221. The quantitative estimate of drug-likeness (QED) is 0.794. The monoisotopic (exact) mass is 279 g/mol. The molecule has 0 amide bonds. The third kappa shape index (κ3) is 4.06. The summed E-state index contributed by atoms with van der Waals surface area (Å²) in [6.07, 6.45) is 1.77. The first-order valence-electron chi connectivity index (χ1n) is 5.95. The van der Waals surface area contributed by atoms with E-state index in [-0.39, 0.29) is 5.82 Å². The summed E-state index contributed by atoms with van der Waals surface area (Å²) < 4.78 is 12.7. The second-order valence-corrected chi connectivity index (χ2v) is 5.07. The average molecular weight is 279 g/mol. The molecule has 0 atom stereocenters. The molecule has 1 aromatic heterocycles. The molecule has 3 nitrogen and oxygen atoms in total. The summed E-state index contributed by atoms with van der Waals surface area (Å²) in [5.74, 6) is -1.12. The molecule has 5 heteroatoms. The number of carboxylic acid groups (broad SMARTS) is 1. The normalized spacial score (nSPS) is 10.4. The number of carboxylic acids is 1. The Morgan fingerprint density at radius 1 is 1.32 bits per heavy atom. The van der Waals surface area contributed by atoms with E-state index < -0.39 is 5.97 Å². The molecule has 19 heavy (non-hydrogen) atoms. The maximum Gasteiger partial charge on any atom is 0.345 e. The zero-order chi connectivity index (χ0) is 13.7. The first-order chi connectivity index (χ1) is 9.15. The van der Waals surface area contributed by atoms with Gasteiger partial charge in [0.15, 0.2) is 0 Å². The molecule has 1 heterocycles. The number of halogens is 1. The van der Waals surface area contributed by atoms with Crippen LogP contribution in [0.2, 0.25) is 0 Å². The largest absolute Gasteiger partial charge is 0.477 e. The van der Waals surface area contributed by atoms with Gasteiger partial charge in [-0.05, 0) is 36.6 Å². The number of nitrogens with one attached hydrogen (secondary N) is 1. The van der Waals surface area contributed by atoms with Crippen molar-refractivity contribution in [1.82, 2.24) is 0 Å². The highest BCUT2D eigenvalue weighted by Crippen LogP contribution is 2.19. The van der Waals surface area contributed by atoms with Crippen LogP contribution in [-0.4, -0.2) is 17.6 Å². The van der Waals surface area contributed by atoms with E-state index in [1.54, 1.807) is 23.6 Å². The summed E-state index contributed by atoms with van der Waals surface area (Å²) in [6, 6.07) is 8.11. The highest BCUT2D eigenvalue weighted by Gasteiger charge is 2.05. The molecular weight excluding hydrogens is 265 g/mol. The Labute approximate surface area is 114 Å². The van der Waals surface area contributed by atoms with Gasteiger partial charge in [-0.2, -0.15) is 0 Å².